The topological polar surface area (TPSA) is 65.7 Å². The third kappa shape index (κ3) is 3.56. The fourth-order valence-electron chi connectivity index (χ4n) is 2.23. The van der Waals surface area contributed by atoms with Gasteiger partial charge in [-0.2, -0.15) is 0 Å². The highest BCUT2D eigenvalue weighted by Gasteiger charge is 2.12. The molecule has 112 valence electrons. The summed E-state index contributed by atoms with van der Waals surface area (Å²) >= 11 is 0. The summed E-state index contributed by atoms with van der Waals surface area (Å²) in [6.45, 7) is 6.54. The standard InChI is InChI=1S/C16H20N2O3/c1-3-18(4-2)13-7-5-12(6-8-13)17-11-15-14(16(19)20)9-10-21-15/h5-10,17H,3-4,11H2,1-2H3,(H,19,20). The highest BCUT2D eigenvalue weighted by molar-refractivity contribution is 5.88. The second kappa shape index (κ2) is 6.83. The average molecular weight is 288 g/mol. The van der Waals surface area contributed by atoms with Gasteiger partial charge in [-0.1, -0.05) is 0 Å². The second-order valence-corrected chi connectivity index (χ2v) is 4.64. The minimum Gasteiger partial charge on any atom is -0.478 e. The molecule has 0 amide bonds. The van der Waals surface area contributed by atoms with Crippen LogP contribution in [0.5, 0.6) is 0 Å². The van der Waals surface area contributed by atoms with Gasteiger partial charge < -0.3 is 19.7 Å². The van der Waals surface area contributed by atoms with Gasteiger partial charge in [0.05, 0.1) is 12.8 Å². The first-order valence-electron chi connectivity index (χ1n) is 7.04. The van der Waals surface area contributed by atoms with Crippen molar-refractivity contribution in [2.45, 2.75) is 20.4 Å². The number of nitrogens with zero attached hydrogens (tertiary/aromatic N) is 1. The molecular weight excluding hydrogens is 268 g/mol. The maximum atomic E-state index is 11.0. The molecule has 0 aliphatic heterocycles. The summed E-state index contributed by atoms with van der Waals surface area (Å²) in [6.07, 6.45) is 1.39. The molecule has 0 aliphatic rings. The van der Waals surface area contributed by atoms with Crippen LogP contribution in [-0.2, 0) is 6.54 Å². The van der Waals surface area contributed by atoms with Gasteiger partial charge in [-0.05, 0) is 44.2 Å². The van der Waals surface area contributed by atoms with E-state index in [0.29, 0.717) is 12.3 Å². The van der Waals surface area contributed by atoms with Gasteiger partial charge in [-0.3, -0.25) is 0 Å². The van der Waals surface area contributed by atoms with Gasteiger partial charge in [-0.25, -0.2) is 4.79 Å². The van der Waals surface area contributed by atoms with Crippen LogP contribution in [0.4, 0.5) is 11.4 Å². The van der Waals surface area contributed by atoms with Crippen LogP contribution >= 0.6 is 0 Å². The summed E-state index contributed by atoms with van der Waals surface area (Å²) in [5.74, 6) is -0.548. The lowest BCUT2D eigenvalue weighted by atomic mass is 10.2. The molecule has 1 heterocycles. The summed E-state index contributed by atoms with van der Waals surface area (Å²) in [4.78, 5) is 13.2. The van der Waals surface area contributed by atoms with Crippen LogP contribution < -0.4 is 10.2 Å². The van der Waals surface area contributed by atoms with E-state index in [1.54, 1.807) is 0 Å². The van der Waals surface area contributed by atoms with Gasteiger partial charge in [0.25, 0.3) is 0 Å². The number of carboxylic acid groups (broad SMARTS) is 1. The number of carboxylic acids is 1. The molecule has 1 aromatic carbocycles. The molecule has 2 aromatic rings. The van der Waals surface area contributed by atoms with E-state index >= 15 is 0 Å². The third-order valence-electron chi connectivity index (χ3n) is 3.42. The average Bonchev–Trinajstić information content (AvgIpc) is 2.96. The minimum absolute atomic E-state index is 0.197. The van der Waals surface area contributed by atoms with Gasteiger partial charge in [0, 0.05) is 24.5 Å². The number of hydrogen-bond acceptors (Lipinski definition) is 4. The fraction of sp³-hybridized carbons (Fsp3) is 0.312. The predicted molar refractivity (Wildman–Crippen MR) is 83.0 cm³/mol. The molecule has 0 spiro atoms. The van der Waals surface area contributed by atoms with Crippen molar-refractivity contribution in [2.75, 3.05) is 23.3 Å². The van der Waals surface area contributed by atoms with Crippen LogP contribution in [0.15, 0.2) is 41.0 Å². The zero-order valence-corrected chi connectivity index (χ0v) is 12.3. The third-order valence-corrected chi connectivity index (χ3v) is 3.42. The molecule has 0 aliphatic carbocycles. The predicted octanol–water partition coefficient (Wildman–Crippen LogP) is 3.44. The van der Waals surface area contributed by atoms with E-state index in [9.17, 15) is 4.79 Å². The highest BCUT2D eigenvalue weighted by Crippen LogP contribution is 2.19. The Morgan fingerprint density at radius 3 is 2.43 bits per heavy atom. The zero-order chi connectivity index (χ0) is 15.2. The van der Waals surface area contributed by atoms with Gasteiger partial charge in [0.15, 0.2) is 0 Å². The molecular formula is C16H20N2O3. The molecule has 0 unspecified atom stereocenters. The summed E-state index contributed by atoms with van der Waals surface area (Å²) in [6, 6.07) is 9.53. The Kier molecular flexibility index (Phi) is 4.87. The van der Waals surface area contributed by atoms with Crippen LogP contribution in [0.2, 0.25) is 0 Å². The first kappa shape index (κ1) is 15.0. The van der Waals surface area contributed by atoms with Crippen molar-refractivity contribution < 1.29 is 14.3 Å². The van der Waals surface area contributed by atoms with E-state index in [-0.39, 0.29) is 5.56 Å². The molecule has 5 heteroatoms. The fourth-order valence-corrected chi connectivity index (χ4v) is 2.23. The number of hydrogen-bond donors (Lipinski definition) is 2. The van der Waals surface area contributed by atoms with Gasteiger partial charge >= 0.3 is 5.97 Å². The van der Waals surface area contributed by atoms with E-state index in [2.05, 4.69) is 36.2 Å². The highest BCUT2D eigenvalue weighted by atomic mass is 16.4. The Hall–Kier alpha value is -2.43. The quantitative estimate of drug-likeness (QED) is 0.817. The molecule has 0 radical (unpaired) electrons. The molecule has 2 N–H and O–H groups in total. The van der Waals surface area contributed by atoms with E-state index in [1.165, 1.54) is 18.0 Å². The SMILES string of the molecule is CCN(CC)c1ccc(NCc2occc2C(=O)O)cc1. The first-order valence-corrected chi connectivity index (χ1v) is 7.04. The monoisotopic (exact) mass is 288 g/mol. The van der Waals surface area contributed by atoms with Crippen molar-refractivity contribution in [2.24, 2.45) is 0 Å². The van der Waals surface area contributed by atoms with Crippen LogP contribution in [-0.4, -0.2) is 24.2 Å². The van der Waals surface area contributed by atoms with Crippen molar-refractivity contribution in [3.8, 4) is 0 Å². The Morgan fingerprint density at radius 2 is 1.86 bits per heavy atom. The Morgan fingerprint density at radius 1 is 1.19 bits per heavy atom. The molecule has 0 saturated heterocycles. The van der Waals surface area contributed by atoms with Gasteiger partial charge in [0.1, 0.15) is 11.3 Å². The normalized spacial score (nSPS) is 10.4. The van der Waals surface area contributed by atoms with E-state index in [4.69, 9.17) is 9.52 Å². The van der Waals surface area contributed by atoms with Crippen molar-refractivity contribution in [3.63, 3.8) is 0 Å². The summed E-state index contributed by atoms with van der Waals surface area (Å²) in [5, 5.41) is 12.2. The summed E-state index contributed by atoms with van der Waals surface area (Å²) < 4.78 is 5.19. The zero-order valence-electron chi connectivity index (χ0n) is 12.3. The van der Waals surface area contributed by atoms with E-state index in [0.717, 1.165) is 18.8 Å². The molecule has 1 aromatic heterocycles. The summed E-state index contributed by atoms with van der Waals surface area (Å²) in [7, 11) is 0. The van der Waals surface area contributed by atoms with Crippen LogP contribution in [0.3, 0.4) is 0 Å². The molecule has 5 nitrogen and oxygen atoms in total. The molecule has 0 atom stereocenters. The number of nitrogens with one attached hydrogen (secondary N) is 1. The first-order chi connectivity index (χ1) is 10.2. The van der Waals surface area contributed by atoms with Gasteiger partial charge in [0.2, 0.25) is 0 Å². The largest absolute Gasteiger partial charge is 0.478 e. The molecule has 0 saturated carbocycles. The Labute approximate surface area is 124 Å². The number of aromatic carboxylic acids is 1. The Balaban J connectivity index is 2.01. The lowest BCUT2D eigenvalue weighted by Crippen LogP contribution is -2.21. The van der Waals surface area contributed by atoms with E-state index in [1.807, 2.05) is 12.1 Å². The lowest BCUT2D eigenvalue weighted by Gasteiger charge is -2.21. The van der Waals surface area contributed by atoms with E-state index < -0.39 is 5.97 Å². The van der Waals surface area contributed by atoms with Crippen molar-refractivity contribution in [1.29, 1.82) is 0 Å². The molecule has 0 fully saturated rings. The second-order valence-electron chi connectivity index (χ2n) is 4.64. The number of rotatable bonds is 7. The van der Waals surface area contributed by atoms with Crippen molar-refractivity contribution in [1.82, 2.24) is 0 Å². The van der Waals surface area contributed by atoms with Crippen LogP contribution in [0.25, 0.3) is 0 Å². The number of benzene rings is 1. The molecule has 2 rings (SSSR count). The van der Waals surface area contributed by atoms with Crippen molar-refractivity contribution >= 4 is 17.3 Å². The van der Waals surface area contributed by atoms with Gasteiger partial charge in [-0.15, -0.1) is 0 Å². The summed E-state index contributed by atoms with van der Waals surface area (Å²) in [5.41, 5.74) is 2.30. The maximum Gasteiger partial charge on any atom is 0.339 e. The van der Waals surface area contributed by atoms with Crippen LogP contribution in [0, 0.1) is 0 Å². The smallest absolute Gasteiger partial charge is 0.339 e. The number of furan rings is 1. The molecule has 21 heavy (non-hydrogen) atoms. The van der Waals surface area contributed by atoms with Crippen molar-refractivity contribution in [3.05, 3.63) is 47.9 Å². The maximum absolute atomic E-state index is 11.0. The minimum atomic E-state index is -0.975. The molecule has 0 bridgehead atoms. The Bertz CT molecular complexity index is 586. The number of carbonyl (C=O) groups is 1. The van der Waals surface area contributed by atoms with Crippen LogP contribution in [0.1, 0.15) is 30.0 Å². The lowest BCUT2D eigenvalue weighted by molar-refractivity contribution is 0.0694. The number of anilines is 2.